The van der Waals surface area contributed by atoms with Crippen LogP contribution in [0.4, 0.5) is 5.82 Å². The molecule has 0 N–H and O–H groups in total. The Morgan fingerprint density at radius 1 is 1.29 bits per heavy atom. The van der Waals surface area contributed by atoms with Gasteiger partial charge >= 0.3 is 0 Å². The van der Waals surface area contributed by atoms with Gasteiger partial charge in [-0.3, -0.25) is 4.68 Å². The van der Waals surface area contributed by atoms with Crippen LogP contribution in [0.1, 0.15) is 0 Å². The summed E-state index contributed by atoms with van der Waals surface area (Å²) in [5.74, 6) is 1.00. The fourth-order valence-corrected chi connectivity index (χ4v) is 3.24. The van der Waals surface area contributed by atoms with Crippen LogP contribution >= 0.6 is 15.9 Å². The number of hydrogen-bond acceptors (Lipinski definition) is 4. The predicted molar refractivity (Wildman–Crippen MR) is 69.5 cm³/mol. The molecule has 0 amide bonds. The van der Waals surface area contributed by atoms with E-state index in [0.717, 1.165) is 10.4 Å². The third-order valence-corrected chi connectivity index (χ3v) is 4.55. The summed E-state index contributed by atoms with van der Waals surface area (Å²) in [5, 5.41) is 4.21. The minimum absolute atomic E-state index is 0.529. The van der Waals surface area contributed by atoms with Crippen molar-refractivity contribution in [1.82, 2.24) is 14.1 Å². The number of nitrogens with zero attached hydrogens (tertiary/aromatic N) is 4. The second-order valence-electron chi connectivity index (χ2n) is 4.10. The Labute approximate surface area is 109 Å². The Kier molecular flexibility index (Phi) is 3.46. The van der Waals surface area contributed by atoms with Crippen molar-refractivity contribution < 1.29 is 8.42 Å². The molecule has 1 aromatic rings. The number of aryl methyl sites for hydroxylation is 1. The molecular formula is C9H15BrN4O2S. The van der Waals surface area contributed by atoms with Crippen molar-refractivity contribution in [2.45, 2.75) is 0 Å². The smallest absolute Gasteiger partial charge is 0.211 e. The summed E-state index contributed by atoms with van der Waals surface area (Å²) < 4.78 is 26.9. The molecule has 1 saturated heterocycles. The molecule has 0 spiro atoms. The van der Waals surface area contributed by atoms with Crippen molar-refractivity contribution >= 4 is 31.8 Å². The van der Waals surface area contributed by atoms with Gasteiger partial charge in [-0.1, -0.05) is 0 Å². The zero-order chi connectivity index (χ0) is 12.6. The quantitative estimate of drug-likeness (QED) is 0.784. The summed E-state index contributed by atoms with van der Waals surface area (Å²) in [6.07, 6.45) is 1.25. The highest BCUT2D eigenvalue weighted by molar-refractivity contribution is 9.10. The Morgan fingerprint density at radius 3 is 2.29 bits per heavy atom. The van der Waals surface area contributed by atoms with Crippen LogP contribution in [0.2, 0.25) is 0 Å². The third kappa shape index (κ3) is 2.80. The Balaban J connectivity index is 2.07. The van der Waals surface area contributed by atoms with E-state index in [1.807, 2.05) is 13.1 Å². The standard InChI is InChI=1S/C9H15BrN4O2S/c1-12-9(7-8(10)11-12)13-3-5-14(6-4-13)17(2,15)16/h7H,3-6H2,1-2H3. The molecule has 2 rings (SSSR count). The number of rotatable bonds is 2. The summed E-state index contributed by atoms with van der Waals surface area (Å²) in [6.45, 7) is 2.45. The number of sulfonamides is 1. The number of aromatic nitrogens is 2. The van der Waals surface area contributed by atoms with Crippen LogP contribution in [0, 0.1) is 0 Å². The van der Waals surface area contributed by atoms with E-state index in [9.17, 15) is 8.42 Å². The highest BCUT2D eigenvalue weighted by Crippen LogP contribution is 2.20. The molecule has 17 heavy (non-hydrogen) atoms. The van der Waals surface area contributed by atoms with Crippen molar-refractivity contribution in [3.63, 3.8) is 0 Å². The maximum Gasteiger partial charge on any atom is 0.211 e. The lowest BCUT2D eigenvalue weighted by Crippen LogP contribution is -2.48. The highest BCUT2D eigenvalue weighted by Gasteiger charge is 2.24. The molecular weight excluding hydrogens is 308 g/mol. The van der Waals surface area contributed by atoms with Gasteiger partial charge in [0.2, 0.25) is 10.0 Å². The van der Waals surface area contributed by atoms with E-state index >= 15 is 0 Å². The topological polar surface area (TPSA) is 58.4 Å². The summed E-state index contributed by atoms with van der Waals surface area (Å²) in [4.78, 5) is 2.14. The molecule has 0 radical (unpaired) electrons. The highest BCUT2D eigenvalue weighted by atomic mass is 79.9. The van der Waals surface area contributed by atoms with Gasteiger partial charge in [-0.05, 0) is 15.9 Å². The van der Waals surface area contributed by atoms with Crippen LogP contribution in [0.25, 0.3) is 0 Å². The average Bonchev–Trinajstić information content (AvgIpc) is 2.57. The fraction of sp³-hybridized carbons (Fsp3) is 0.667. The van der Waals surface area contributed by atoms with Gasteiger partial charge in [0.05, 0.1) is 6.26 Å². The normalized spacial score (nSPS) is 18.6. The molecule has 1 fully saturated rings. The first-order valence-electron chi connectivity index (χ1n) is 5.27. The third-order valence-electron chi connectivity index (χ3n) is 2.86. The first-order valence-corrected chi connectivity index (χ1v) is 7.91. The van der Waals surface area contributed by atoms with E-state index in [0.29, 0.717) is 26.2 Å². The van der Waals surface area contributed by atoms with Crippen molar-refractivity contribution in [3.8, 4) is 0 Å². The van der Waals surface area contributed by atoms with Gasteiger partial charge in [0, 0.05) is 39.3 Å². The van der Waals surface area contributed by atoms with Gasteiger partial charge in [0.1, 0.15) is 10.4 Å². The van der Waals surface area contributed by atoms with Gasteiger partial charge in [0.15, 0.2) is 0 Å². The molecule has 8 heteroatoms. The number of hydrogen-bond donors (Lipinski definition) is 0. The molecule has 1 aromatic heterocycles. The van der Waals surface area contributed by atoms with Gasteiger partial charge in [0.25, 0.3) is 0 Å². The lowest BCUT2D eigenvalue weighted by molar-refractivity contribution is 0.385. The monoisotopic (exact) mass is 322 g/mol. The Bertz CT molecular complexity index is 505. The second kappa shape index (κ2) is 4.58. The van der Waals surface area contributed by atoms with E-state index in [-0.39, 0.29) is 0 Å². The molecule has 6 nitrogen and oxygen atoms in total. The Morgan fingerprint density at radius 2 is 1.88 bits per heavy atom. The first kappa shape index (κ1) is 12.8. The lowest BCUT2D eigenvalue weighted by Gasteiger charge is -2.34. The zero-order valence-electron chi connectivity index (χ0n) is 9.80. The molecule has 1 aliphatic rings. The SMILES string of the molecule is Cn1nc(Br)cc1N1CCN(S(C)(=O)=O)CC1. The fourth-order valence-electron chi connectivity index (χ4n) is 1.97. The van der Waals surface area contributed by atoms with Crippen LogP contribution in [0.3, 0.4) is 0 Å². The summed E-state index contributed by atoms with van der Waals surface area (Å²) in [5.41, 5.74) is 0. The number of halogens is 1. The predicted octanol–water partition coefficient (Wildman–Crippen LogP) is 0.264. The van der Waals surface area contributed by atoms with E-state index in [1.54, 1.807) is 4.68 Å². The van der Waals surface area contributed by atoms with Gasteiger partial charge in [-0.25, -0.2) is 8.42 Å². The molecule has 96 valence electrons. The average molecular weight is 323 g/mol. The van der Waals surface area contributed by atoms with Crippen LogP contribution in [0.5, 0.6) is 0 Å². The molecule has 1 aliphatic heterocycles. The van der Waals surface area contributed by atoms with E-state index in [4.69, 9.17) is 0 Å². The molecule has 0 saturated carbocycles. The van der Waals surface area contributed by atoms with Gasteiger partial charge < -0.3 is 4.90 Å². The zero-order valence-corrected chi connectivity index (χ0v) is 12.2. The Hall–Kier alpha value is -0.600. The van der Waals surface area contributed by atoms with Crippen molar-refractivity contribution in [2.24, 2.45) is 7.05 Å². The van der Waals surface area contributed by atoms with E-state index in [2.05, 4.69) is 25.9 Å². The molecule has 0 unspecified atom stereocenters. The second-order valence-corrected chi connectivity index (χ2v) is 6.89. The summed E-state index contributed by atoms with van der Waals surface area (Å²) in [6, 6.07) is 1.94. The molecule has 0 aliphatic carbocycles. The van der Waals surface area contributed by atoms with Crippen LogP contribution in [-0.2, 0) is 17.1 Å². The van der Waals surface area contributed by atoms with Crippen LogP contribution < -0.4 is 4.90 Å². The number of piperazine rings is 1. The van der Waals surface area contributed by atoms with Crippen molar-refractivity contribution in [1.29, 1.82) is 0 Å². The van der Waals surface area contributed by atoms with E-state index in [1.165, 1.54) is 10.6 Å². The largest absolute Gasteiger partial charge is 0.354 e. The maximum absolute atomic E-state index is 11.4. The van der Waals surface area contributed by atoms with Crippen LogP contribution in [-0.4, -0.2) is 54.9 Å². The van der Waals surface area contributed by atoms with E-state index < -0.39 is 10.0 Å². The minimum atomic E-state index is -3.06. The number of anilines is 1. The molecule has 0 aromatic carbocycles. The van der Waals surface area contributed by atoms with Gasteiger partial charge in [-0.2, -0.15) is 9.40 Å². The summed E-state index contributed by atoms with van der Waals surface area (Å²) in [7, 11) is -1.18. The minimum Gasteiger partial charge on any atom is -0.354 e. The molecule has 0 bridgehead atoms. The molecule has 0 atom stereocenters. The lowest BCUT2D eigenvalue weighted by atomic mass is 10.3. The maximum atomic E-state index is 11.4. The van der Waals surface area contributed by atoms with Gasteiger partial charge in [-0.15, -0.1) is 0 Å². The molecule has 2 heterocycles. The first-order chi connectivity index (χ1) is 7.88. The van der Waals surface area contributed by atoms with Crippen molar-refractivity contribution in [3.05, 3.63) is 10.7 Å². The van der Waals surface area contributed by atoms with Crippen molar-refractivity contribution in [2.75, 3.05) is 37.3 Å². The summed E-state index contributed by atoms with van der Waals surface area (Å²) >= 11 is 3.33. The van der Waals surface area contributed by atoms with Crippen LogP contribution in [0.15, 0.2) is 10.7 Å².